The molecule has 0 fully saturated rings. The van der Waals surface area contributed by atoms with Crippen molar-refractivity contribution in [3.63, 3.8) is 0 Å². The van der Waals surface area contributed by atoms with E-state index in [1.165, 1.54) is 10.4 Å². The molecule has 0 unspecified atom stereocenters. The number of rotatable bonds is 2. The molecule has 2 heterocycles. The molecule has 3 rings (SSSR count). The van der Waals surface area contributed by atoms with Gasteiger partial charge in [0.15, 0.2) is 0 Å². The number of carbonyl (C=O) groups excluding carboxylic acids is 1. The molecule has 1 N–H and O–H groups in total. The first-order valence-corrected chi connectivity index (χ1v) is 7.73. The van der Waals surface area contributed by atoms with Crippen molar-refractivity contribution in [2.45, 2.75) is 13.1 Å². The zero-order valence-corrected chi connectivity index (χ0v) is 12.6. The standard InChI is InChI=1S/C14H13BrN2OS/c15-11-5-12(19-9-11)8-17-13-4-2-1-3-10(13)6-16-7-14(17)18/h1-5,9,16H,6-8H2. The maximum Gasteiger partial charge on any atom is 0.241 e. The first-order chi connectivity index (χ1) is 9.24. The van der Waals surface area contributed by atoms with E-state index in [1.807, 2.05) is 28.5 Å². The number of nitrogens with zero attached hydrogens (tertiary/aromatic N) is 1. The van der Waals surface area contributed by atoms with Crippen LogP contribution >= 0.6 is 27.3 Å². The summed E-state index contributed by atoms with van der Waals surface area (Å²) in [6, 6.07) is 10.1. The van der Waals surface area contributed by atoms with Crippen LogP contribution in [0, 0.1) is 0 Å². The molecule has 1 aliphatic heterocycles. The minimum Gasteiger partial charge on any atom is -0.306 e. The lowest BCUT2D eigenvalue weighted by atomic mass is 10.1. The monoisotopic (exact) mass is 336 g/mol. The number of para-hydroxylation sites is 1. The second-order valence-corrected chi connectivity index (χ2v) is 6.35. The number of halogens is 1. The first kappa shape index (κ1) is 12.8. The lowest BCUT2D eigenvalue weighted by Crippen LogP contribution is -2.34. The predicted octanol–water partition coefficient (Wildman–Crippen LogP) is 3.15. The third kappa shape index (κ3) is 2.73. The van der Waals surface area contributed by atoms with Crippen molar-refractivity contribution in [3.8, 4) is 0 Å². The van der Waals surface area contributed by atoms with E-state index in [0.29, 0.717) is 13.1 Å². The Hall–Kier alpha value is -1.17. The SMILES string of the molecule is O=C1CNCc2ccccc2N1Cc1cc(Br)cs1. The zero-order chi connectivity index (χ0) is 13.2. The number of benzene rings is 1. The normalized spacial score (nSPS) is 15.2. The molecule has 0 radical (unpaired) electrons. The van der Waals surface area contributed by atoms with E-state index in [0.717, 1.165) is 16.7 Å². The molecule has 1 aliphatic rings. The van der Waals surface area contributed by atoms with Crippen LogP contribution in [0.1, 0.15) is 10.4 Å². The fraction of sp³-hybridized carbons (Fsp3) is 0.214. The number of hydrogen-bond acceptors (Lipinski definition) is 3. The van der Waals surface area contributed by atoms with Gasteiger partial charge in [-0.3, -0.25) is 4.79 Å². The highest BCUT2D eigenvalue weighted by Gasteiger charge is 2.22. The fourth-order valence-corrected chi connectivity index (χ4v) is 3.66. The van der Waals surface area contributed by atoms with Crippen molar-refractivity contribution in [2.24, 2.45) is 0 Å². The Labute approximate surface area is 124 Å². The highest BCUT2D eigenvalue weighted by atomic mass is 79.9. The number of hydrogen-bond donors (Lipinski definition) is 1. The van der Waals surface area contributed by atoms with E-state index in [-0.39, 0.29) is 5.91 Å². The molecule has 5 heteroatoms. The quantitative estimate of drug-likeness (QED) is 0.913. The van der Waals surface area contributed by atoms with Crippen molar-refractivity contribution in [1.82, 2.24) is 5.32 Å². The fourth-order valence-electron chi connectivity index (χ4n) is 2.22. The number of thiophene rings is 1. The minimum atomic E-state index is 0.120. The lowest BCUT2D eigenvalue weighted by Gasteiger charge is -2.21. The van der Waals surface area contributed by atoms with E-state index in [9.17, 15) is 4.79 Å². The van der Waals surface area contributed by atoms with Gasteiger partial charge in [0.2, 0.25) is 5.91 Å². The van der Waals surface area contributed by atoms with Gasteiger partial charge in [0.25, 0.3) is 0 Å². The largest absolute Gasteiger partial charge is 0.306 e. The summed E-state index contributed by atoms with van der Waals surface area (Å²) in [7, 11) is 0. The molecule has 2 aromatic rings. The van der Waals surface area contributed by atoms with Gasteiger partial charge in [-0.15, -0.1) is 11.3 Å². The summed E-state index contributed by atoms with van der Waals surface area (Å²) in [6.45, 7) is 1.77. The zero-order valence-electron chi connectivity index (χ0n) is 10.2. The predicted molar refractivity (Wildman–Crippen MR) is 81.4 cm³/mol. The summed E-state index contributed by atoms with van der Waals surface area (Å²) in [6.07, 6.45) is 0. The summed E-state index contributed by atoms with van der Waals surface area (Å²) >= 11 is 5.12. The van der Waals surface area contributed by atoms with Gasteiger partial charge in [-0.1, -0.05) is 18.2 Å². The van der Waals surface area contributed by atoms with Crippen LogP contribution in [-0.2, 0) is 17.9 Å². The van der Waals surface area contributed by atoms with E-state index in [1.54, 1.807) is 11.3 Å². The van der Waals surface area contributed by atoms with E-state index < -0.39 is 0 Å². The molecule has 98 valence electrons. The first-order valence-electron chi connectivity index (χ1n) is 6.06. The molecule has 3 nitrogen and oxygen atoms in total. The topological polar surface area (TPSA) is 32.3 Å². The summed E-state index contributed by atoms with van der Waals surface area (Å²) < 4.78 is 1.07. The van der Waals surface area contributed by atoms with Gasteiger partial charge in [0.1, 0.15) is 0 Å². The smallest absolute Gasteiger partial charge is 0.241 e. The molecule has 0 aliphatic carbocycles. The molecular formula is C14H13BrN2OS. The van der Waals surface area contributed by atoms with Crippen molar-refractivity contribution < 1.29 is 4.79 Å². The summed E-state index contributed by atoms with van der Waals surface area (Å²) in [4.78, 5) is 15.3. The van der Waals surface area contributed by atoms with Crippen LogP contribution in [0.4, 0.5) is 5.69 Å². The summed E-state index contributed by atoms with van der Waals surface area (Å²) in [5.74, 6) is 0.120. The maximum atomic E-state index is 12.2. The Kier molecular flexibility index (Phi) is 3.68. The van der Waals surface area contributed by atoms with Crippen molar-refractivity contribution >= 4 is 38.9 Å². The van der Waals surface area contributed by atoms with Gasteiger partial charge < -0.3 is 10.2 Å². The van der Waals surface area contributed by atoms with E-state index in [2.05, 4.69) is 33.4 Å². The van der Waals surface area contributed by atoms with Crippen molar-refractivity contribution in [2.75, 3.05) is 11.4 Å². The minimum absolute atomic E-state index is 0.120. The second-order valence-electron chi connectivity index (χ2n) is 4.44. The molecule has 1 amide bonds. The highest BCUT2D eigenvalue weighted by Crippen LogP contribution is 2.27. The van der Waals surface area contributed by atoms with Crippen LogP contribution in [0.5, 0.6) is 0 Å². The summed E-state index contributed by atoms with van der Waals surface area (Å²) in [5.41, 5.74) is 2.19. The molecule has 0 saturated heterocycles. The van der Waals surface area contributed by atoms with Gasteiger partial charge in [-0.05, 0) is 33.6 Å². The van der Waals surface area contributed by atoms with Gasteiger partial charge >= 0.3 is 0 Å². The van der Waals surface area contributed by atoms with Gasteiger partial charge in [0, 0.05) is 27.0 Å². The van der Waals surface area contributed by atoms with E-state index >= 15 is 0 Å². The summed E-state index contributed by atoms with van der Waals surface area (Å²) in [5, 5.41) is 5.22. The number of anilines is 1. The Morgan fingerprint density at radius 3 is 2.95 bits per heavy atom. The molecule has 0 saturated carbocycles. The highest BCUT2D eigenvalue weighted by molar-refractivity contribution is 9.10. The number of carbonyl (C=O) groups is 1. The molecule has 1 aromatic carbocycles. The van der Waals surface area contributed by atoms with Gasteiger partial charge in [0.05, 0.1) is 13.1 Å². The van der Waals surface area contributed by atoms with Gasteiger partial charge in [-0.25, -0.2) is 0 Å². The Balaban J connectivity index is 1.95. The second kappa shape index (κ2) is 5.45. The number of fused-ring (bicyclic) bond motifs is 1. The molecule has 0 spiro atoms. The third-order valence-corrected chi connectivity index (χ3v) is 4.79. The Morgan fingerprint density at radius 1 is 1.32 bits per heavy atom. The average Bonchev–Trinajstić information content (AvgIpc) is 2.75. The third-order valence-electron chi connectivity index (χ3n) is 3.11. The Morgan fingerprint density at radius 2 is 2.16 bits per heavy atom. The van der Waals surface area contributed by atoms with Crippen LogP contribution in [0.3, 0.4) is 0 Å². The van der Waals surface area contributed by atoms with E-state index in [4.69, 9.17) is 0 Å². The van der Waals surface area contributed by atoms with Crippen molar-refractivity contribution in [1.29, 1.82) is 0 Å². The lowest BCUT2D eigenvalue weighted by molar-refractivity contribution is -0.117. The molecule has 0 atom stereocenters. The average molecular weight is 337 g/mol. The van der Waals surface area contributed by atoms with Crippen molar-refractivity contribution in [3.05, 3.63) is 50.6 Å². The van der Waals surface area contributed by atoms with Gasteiger partial charge in [-0.2, -0.15) is 0 Å². The van der Waals surface area contributed by atoms with Crippen LogP contribution in [0.25, 0.3) is 0 Å². The molecule has 19 heavy (non-hydrogen) atoms. The van der Waals surface area contributed by atoms with Crippen LogP contribution in [0.2, 0.25) is 0 Å². The molecular weight excluding hydrogens is 324 g/mol. The Bertz CT molecular complexity index is 611. The van der Waals surface area contributed by atoms with Crippen LogP contribution in [-0.4, -0.2) is 12.5 Å². The maximum absolute atomic E-state index is 12.2. The molecule has 1 aromatic heterocycles. The number of nitrogens with one attached hydrogen (secondary N) is 1. The molecule has 0 bridgehead atoms. The number of amides is 1. The van der Waals surface area contributed by atoms with Crippen LogP contribution < -0.4 is 10.2 Å². The van der Waals surface area contributed by atoms with Crippen LogP contribution in [0.15, 0.2) is 40.2 Å².